The largest absolute Gasteiger partial charge is 0.481 e. The minimum atomic E-state index is -1.03. The van der Waals surface area contributed by atoms with E-state index in [9.17, 15) is 23.5 Å². The number of carbonyl (C=O) groups excluding carboxylic acids is 1. The smallest absolute Gasteiger partial charge is 0.306 e. The van der Waals surface area contributed by atoms with E-state index in [4.69, 9.17) is 9.51 Å². The quantitative estimate of drug-likeness (QED) is 0.384. The highest BCUT2D eigenvalue weighted by Gasteiger charge is 2.42. The highest BCUT2D eigenvalue weighted by Crippen LogP contribution is 2.45. The Balaban J connectivity index is 1.49. The molecule has 4 aromatic rings. The third kappa shape index (κ3) is 3.70. The molecule has 6 rings (SSSR count). The highest BCUT2D eigenvalue weighted by molar-refractivity contribution is 5.96. The van der Waals surface area contributed by atoms with Crippen LogP contribution in [0.4, 0.5) is 14.5 Å². The SMILES string of the molecule is Cc1noc(C)c1-c1ccc2c(c1)nc([C@@H]1CCC(=O)N1c1ccc(F)c(F)c1)n2C1CC(C(=O)O)C1. The molecule has 1 saturated heterocycles. The average Bonchev–Trinajstić information content (AvgIpc) is 3.49. The number of aliphatic carboxylic acids is 1. The van der Waals surface area contributed by atoms with E-state index in [2.05, 4.69) is 5.16 Å². The molecule has 10 heteroatoms. The number of aromatic nitrogens is 3. The van der Waals surface area contributed by atoms with Gasteiger partial charge in [0.05, 0.1) is 28.7 Å². The average molecular weight is 507 g/mol. The van der Waals surface area contributed by atoms with Crippen LogP contribution in [-0.2, 0) is 9.59 Å². The molecule has 3 heterocycles. The first kappa shape index (κ1) is 23.3. The van der Waals surface area contributed by atoms with Gasteiger partial charge in [-0.2, -0.15) is 0 Å². The number of halogens is 2. The second-order valence-electron chi connectivity index (χ2n) is 9.82. The van der Waals surface area contributed by atoms with Crippen molar-refractivity contribution in [2.45, 2.75) is 51.6 Å². The standard InChI is InChI=1S/C27H24F2N4O4/c1-13-25(14(2)37-31-13)15-3-6-22-21(11-15)30-26(33(22)18-9-16(10-18)27(35)36)23-7-8-24(34)32(23)17-4-5-19(28)20(29)12-17/h3-6,11-12,16,18,23H,7-10H2,1-2H3,(H,35,36)/t16?,18?,23-/m0/s1. The summed E-state index contributed by atoms with van der Waals surface area (Å²) in [6.07, 6.45) is 1.59. The summed E-state index contributed by atoms with van der Waals surface area (Å²) in [6.45, 7) is 3.71. The molecule has 1 aliphatic carbocycles. The van der Waals surface area contributed by atoms with Gasteiger partial charge >= 0.3 is 5.97 Å². The van der Waals surface area contributed by atoms with Crippen LogP contribution in [0.3, 0.4) is 0 Å². The second kappa shape index (κ2) is 8.50. The number of anilines is 1. The molecule has 1 saturated carbocycles. The first-order chi connectivity index (χ1) is 17.7. The molecular formula is C27H24F2N4O4. The highest BCUT2D eigenvalue weighted by atomic mass is 19.2. The molecule has 2 fully saturated rings. The number of carboxylic acid groups (broad SMARTS) is 1. The minimum absolute atomic E-state index is 0.103. The number of nitrogens with zero attached hydrogens (tertiary/aromatic N) is 4. The van der Waals surface area contributed by atoms with Gasteiger partial charge in [0.2, 0.25) is 5.91 Å². The van der Waals surface area contributed by atoms with Crippen LogP contribution < -0.4 is 4.90 Å². The Kier molecular flexibility index (Phi) is 5.36. The maximum absolute atomic E-state index is 14.1. The molecule has 2 aromatic carbocycles. The first-order valence-electron chi connectivity index (χ1n) is 12.2. The van der Waals surface area contributed by atoms with Crippen LogP contribution in [0.15, 0.2) is 40.9 Å². The van der Waals surface area contributed by atoms with E-state index in [1.54, 1.807) is 0 Å². The molecule has 0 spiro atoms. The van der Waals surface area contributed by atoms with Crippen molar-refractivity contribution in [3.63, 3.8) is 0 Å². The summed E-state index contributed by atoms with van der Waals surface area (Å²) in [5.74, 6) is -2.20. The van der Waals surface area contributed by atoms with Crippen molar-refractivity contribution in [3.05, 3.63) is 65.3 Å². The number of hydrogen-bond donors (Lipinski definition) is 1. The zero-order valence-electron chi connectivity index (χ0n) is 20.2. The van der Waals surface area contributed by atoms with Gasteiger partial charge < -0.3 is 19.1 Å². The molecule has 1 amide bonds. The van der Waals surface area contributed by atoms with Gasteiger partial charge in [0, 0.05) is 29.8 Å². The van der Waals surface area contributed by atoms with E-state index < -0.39 is 29.6 Å². The Morgan fingerprint density at radius 2 is 1.89 bits per heavy atom. The number of amides is 1. The Bertz CT molecular complexity index is 1550. The number of rotatable bonds is 5. The fourth-order valence-electron chi connectivity index (χ4n) is 5.67. The molecule has 8 nitrogen and oxygen atoms in total. The summed E-state index contributed by atoms with van der Waals surface area (Å²) in [6, 6.07) is 8.66. The fourth-order valence-corrected chi connectivity index (χ4v) is 5.67. The lowest BCUT2D eigenvalue weighted by Gasteiger charge is -2.36. The van der Waals surface area contributed by atoms with Crippen LogP contribution in [0.25, 0.3) is 22.2 Å². The van der Waals surface area contributed by atoms with E-state index >= 15 is 0 Å². The van der Waals surface area contributed by atoms with Gasteiger partial charge in [0.25, 0.3) is 0 Å². The third-order valence-electron chi connectivity index (χ3n) is 7.56. The fraction of sp³-hybridized carbons (Fsp3) is 0.333. The van der Waals surface area contributed by atoms with Crippen molar-refractivity contribution in [1.82, 2.24) is 14.7 Å². The van der Waals surface area contributed by atoms with Crippen LogP contribution in [-0.4, -0.2) is 31.7 Å². The summed E-state index contributed by atoms with van der Waals surface area (Å²) in [5, 5.41) is 13.5. The second-order valence-corrected chi connectivity index (χ2v) is 9.82. The molecule has 1 atom stereocenters. The molecule has 37 heavy (non-hydrogen) atoms. The van der Waals surface area contributed by atoms with Crippen LogP contribution >= 0.6 is 0 Å². The van der Waals surface area contributed by atoms with Crippen molar-refractivity contribution < 1.29 is 28.0 Å². The van der Waals surface area contributed by atoms with Gasteiger partial charge in [-0.1, -0.05) is 11.2 Å². The predicted molar refractivity (Wildman–Crippen MR) is 130 cm³/mol. The number of aryl methyl sites for hydroxylation is 2. The summed E-state index contributed by atoms with van der Waals surface area (Å²) >= 11 is 0. The number of carbonyl (C=O) groups is 2. The van der Waals surface area contributed by atoms with Gasteiger partial charge in [-0.3, -0.25) is 9.59 Å². The van der Waals surface area contributed by atoms with Gasteiger partial charge in [0.1, 0.15) is 11.6 Å². The van der Waals surface area contributed by atoms with Crippen molar-refractivity contribution in [1.29, 1.82) is 0 Å². The summed E-state index contributed by atoms with van der Waals surface area (Å²) in [5.41, 5.74) is 4.30. The Morgan fingerprint density at radius 3 is 2.57 bits per heavy atom. The minimum Gasteiger partial charge on any atom is -0.481 e. The number of carboxylic acids is 1. The maximum atomic E-state index is 14.1. The molecule has 0 bridgehead atoms. The van der Waals surface area contributed by atoms with E-state index in [0.29, 0.717) is 36.4 Å². The molecule has 0 unspecified atom stereocenters. The van der Waals surface area contributed by atoms with Crippen molar-refractivity contribution in [3.8, 4) is 11.1 Å². The Morgan fingerprint density at radius 1 is 1.11 bits per heavy atom. The van der Waals surface area contributed by atoms with Gasteiger partial charge in [-0.25, -0.2) is 13.8 Å². The normalized spacial score (nSPS) is 21.6. The molecule has 0 radical (unpaired) electrons. The Labute approximate surface area is 210 Å². The van der Waals surface area contributed by atoms with Crippen LogP contribution in [0.5, 0.6) is 0 Å². The van der Waals surface area contributed by atoms with Crippen LogP contribution in [0.1, 0.15) is 55.0 Å². The van der Waals surface area contributed by atoms with E-state index in [-0.39, 0.29) is 24.1 Å². The number of benzene rings is 2. The molecule has 1 N–H and O–H groups in total. The lowest BCUT2D eigenvalue weighted by Crippen LogP contribution is -2.35. The van der Waals surface area contributed by atoms with Crippen LogP contribution in [0.2, 0.25) is 0 Å². The predicted octanol–water partition coefficient (Wildman–Crippen LogP) is 5.49. The zero-order chi connectivity index (χ0) is 26.0. The van der Waals surface area contributed by atoms with Crippen molar-refractivity contribution in [2.75, 3.05) is 4.90 Å². The summed E-state index contributed by atoms with van der Waals surface area (Å²) < 4.78 is 35.1. The van der Waals surface area contributed by atoms with Gasteiger partial charge in [-0.05, 0) is 62.9 Å². The monoisotopic (exact) mass is 506 g/mol. The molecule has 1 aliphatic heterocycles. The van der Waals surface area contributed by atoms with Crippen molar-refractivity contribution in [2.24, 2.45) is 5.92 Å². The van der Waals surface area contributed by atoms with Crippen LogP contribution in [0, 0.1) is 31.4 Å². The Hall–Kier alpha value is -4.08. The third-order valence-corrected chi connectivity index (χ3v) is 7.56. The molecular weight excluding hydrogens is 482 g/mol. The van der Waals surface area contributed by atoms with Gasteiger partial charge in [0.15, 0.2) is 11.6 Å². The maximum Gasteiger partial charge on any atom is 0.306 e. The summed E-state index contributed by atoms with van der Waals surface area (Å²) in [4.78, 5) is 30.9. The first-order valence-corrected chi connectivity index (χ1v) is 12.2. The van der Waals surface area contributed by atoms with E-state index in [1.807, 2.05) is 36.6 Å². The lowest BCUT2D eigenvalue weighted by atomic mass is 9.80. The molecule has 2 aromatic heterocycles. The topological polar surface area (TPSA) is 101 Å². The lowest BCUT2D eigenvalue weighted by molar-refractivity contribution is -0.146. The molecule has 2 aliphatic rings. The van der Waals surface area contributed by atoms with Gasteiger partial charge in [-0.15, -0.1) is 0 Å². The zero-order valence-corrected chi connectivity index (χ0v) is 20.2. The molecule has 190 valence electrons. The number of hydrogen-bond acceptors (Lipinski definition) is 5. The van der Waals surface area contributed by atoms with Crippen molar-refractivity contribution >= 4 is 28.6 Å². The van der Waals surface area contributed by atoms with E-state index in [1.165, 1.54) is 11.0 Å². The number of imidazole rings is 1. The van der Waals surface area contributed by atoms with E-state index in [0.717, 1.165) is 34.5 Å². The number of fused-ring (bicyclic) bond motifs is 1. The summed E-state index contributed by atoms with van der Waals surface area (Å²) in [7, 11) is 0.